The number of H-pyrrole nitrogens is 1. The van der Waals surface area contributed by atoms with Crippen molar-refractivity contribution < 1.29 is 19.8 Å². The molecular weight excluding hydrogens is 282 g/mol. The standard InChI is InChI=1S/C17H13NO4/c1-9-11(16(19)20)6-7-12(15(9)17(21)22)14-8-10-4-2-3-5-13(10)18-14/h2-8,18H,1H3,(H,19,20)(H,21,22). The molecule has 0 aliphatic carbocycles. The predicted molar refractivity (Wildman–Crippen MR) is 82.4 cm³/mol. The van der Waals surface area contributed by atoms with Gasteiger partial charge in [-0.25, -0.2) is 9.59 Å². The molecule has 3 rings (SSSR count). The molecule has 0 aliphatic heterocycles. The fourth-order valence-corrected chi connectivity index (χ4v) is 2.66. The van der Waals surface area contributed by atoms with Crippen molar-refractivity contribution in [1.29, 1.82) is 0 Å². The van der Waals surface area contributed by atoms with Gasteiger partial charge >= 0.3 is 11.9 Å². The number of carboxylic acid groups (broad SMARTS) is 2. The van der Waals surface area contributed by atoms with Crippen LogP contribution in [0.1, 0.15) is 26.3 Å². The van der Waals surface area contributed by atoms with Gasteiger partial charge in [0.15, 0.2) is 0 Å². The second kappa shape index (κ2) is 5.04. The van der Waals surface area contributed by atoms with Crippen molar-refractivity contribution in [2.75, 3.05) is 0 Å². The number of benzene rings is 2. The Morgan fingerprint density at radius 1 is 1.00 bits per heavy atom. The minimum atomic E-state index is -1.14. The Bertz CT molecular complexity index is 875. The second-order valence-corrected chi connectivity index (χ2v) is 5.04. The molecule has 5 nitrogen and oxygen atoms in total. The van der Waals surface area contributed by atoms with Gasteiger partial charge in [0.1, 0.15) is 0 Å². The van der Waals surface area contributed by atoms with E-state index in [0.29, 0.717) is 11.3 Å². The summed E-state index contributed by atoms with van der Waals surface area (Å²) in [5, 5.41) is 19.6. The molecule has 1 aromatic heterocycles. The van der Waals surface area contributed by atoms with Gasteiger partial charge in [-0.15, -0.1) is 0 Å². The predicted octanol–water partition coefficient (Wildman–Crippen LogP) is 3.54. The number of fused-ring (bicyclic) bond motifs is 1. The van der Waals surface area contributed by atoms with Crippen molar-refractivity contribution in [3.63, 3.8) is 0 Å². The summed E-state index contributed by atoms with van der Waals surface area (Å²) in [5.74, 6) is -2.28. The summed E-state index contributed by atoms with van der Waals surface area (Å²) in [4.78, 5) is 26.0. The maximum atomic E-state index is 11.6. The Morgan fingerprint density at radius 2 is 1.73 bits per heavy atom. The van der Waals surface area contributed by atoms with Crippen LogP contribution in [0.3, 0.4) is 0 Å². The smallest absolute Gasteiger partial charge is 0.336 e. The van der Waals surface area contributed by atoms with Crippen LogP contribution in [-0.2, 0) is 0 Å². The Morgan fingerprint density at radius 3 is 2.36 bits per heavy atom. The second-order valence-electron chi connectivity index (χ2n) is 5.04. The molecule has 0 fully saturated rings. The van der Waals surface area contributed by atoms with Crippen LogP contribution in [0.4, 0.5) is 0 Å². The number of hydrogen-bond donors (Lipinski definition) is 3. The van der Waals surface area contributed by atoms with E-state index >= 15 is 0 Å². The topological polar surface area (TPSA) is 90.4 Å². The SMILES string of the molecule is Cc1c(C(=O)O)ccc(-c2cc3ccccc3[nH]2)c1C(=O)O. The van der Waals surface area contributed by atoms with E-state index in [0.717, 1.165) is 10.9 Å². The molecule has 0 amide bonds. The Balaban J connectivity index is 2.28. The first kappa shape index (κ1) is 13.9. The quantitative estimate of drug-likeness (QED) is 0.689. The summed E-state index contributed by atoms with van der Waals surface area (Å²) in [6.07, 6.45) is 0. The first-order chi connectivity index (χ1) is 10.5. The van der Waals surface area contributed by atoms with Crippen LogP contribution in [0.25, 0.3) is 22.2 Å². The van der Waals surface area contributed by atoms with E-state index in [4.69, 9.17) is 5.11 Å². The Labute approximate surface area is 125 Å². The molecule has 0 bridgehead atoms. The fourth-order valence-electron chi connectivity index (χ4n) is 2.66. The molecule has 0 saturated carbocycles. The number of carboxylic acids is 2. The third kappa shape index (κ3) is 2.13. The minimum Gasteiger partial charge on any atom is -0.478 e. The Kier molecular flexibility index (Phi) is 3.18. The summed E-state index contributed by atoms with van der Waals surface area (Å²) < 4.78 is 0. The highest BCUT2D eigenvalue weighted by Gasteiger charge is 2.21. The van der Waals surface area contributed by atoms with Crippen molar-refractivity contribution in [3.05, 3.63) is 59.2 Å². The molecule has 0 aliphatic rings. The van der Waals surface area contributed by atoms with Crippen molar-refractivity contribution >= 4 is 22.8 Å². The number of nitrogens with one attached hydrogen (secondary N) is 1. The molecule has 2 aromatic carbocycles. The van der Waals surface area contributed by atoms with Gasteiger partial charge < -0.3 is 15.2 Å². The summed E-state index contributed by atoms with van der Waals surface area (Å²) in [7, 11) is 0. The van der Waals surface area contributed by atoms with E-state index in [1.165, 1.54) is 19.1 Å². The van der Waals surface area contributed by atoms with Gasteiger partial charge in [-0.2, -0.15) is 0 Å². The number of aromatic amines is 1. The van der Waals surface area contributed by atoms with Gasteiger partial charge in [0.2, 0.25) is 0 Å². The molecule has 3 N–H and O–H groups in total. The molecule has 3 aromatic rings. The zero-order chi connectivity index (χ0) is 15.9. The average molecular weight is 295 g/mol. The number of aromatic nitrogens is 1. The summed E-state index contributed by atoms with van der Waals surface area (Å²) >= 11 is 0. The maximum Gasteiger partial charge on any atom is 0.336 e. The van der Waals surface area contributed by atoms with Crippen molar-refractivity contribution in [2.45, 2.75) is 6.92 Å². The monoisotopic (exact) mass is 295 g/mol. The van der Waals surface area contributed by atoms with Crippen LogP contribution >= 0.6 is 0 Å². The minimum absolute atomic E-state index is 0.00254. The maximum absolute atomic E-state index is 11.6. The molecule has 0 spiro atoms. The van der Waals surface area contributed by atoms with E-state index in [9.17, 15) is 14.7 Å². The van der Waals surface area contributed by atoms with E-state index in [1.54, 1.807) is 0 Å². The van der Waals surface area contributed by atoms with Gasteiger partial charge in [-0.1, -0.05) is 24.3 Å². The van der Waals surface area contributed by atoms with Crippen molar-refractivity contribution in [1.82, 2.24) is 4.98 Å². The number of rotatable bonds is 3. The van der Waals surface area contributed by atoms with Crippen molar-refractivity contribution in [2.24, 2.45) is 0 Å². The van der Waals surface area contributed by atoms with Crippen LogP contribution in [0.15, 0.2) is 42.5 Å². The van der Waals surface area contributed by atoms with Crippen LogP contribution in [0.5, 0.6) is 0 Å². The Hall–Kier alpha value is -3.08. The van der Waals surface area contributed by atoms with Gasteiger partial charge in [-0.05, 0) is 30.7 Å². The number of aromatic carboxylic acids is 2. The molecule has 0 saturated heterocycles. The fraction of sp³-hybridized carbons (Fsp3) is 0.0588. The number of hydrogen-bond acceptors (Lipinski definition) is 2. The van der Waals surface area contributed by atoms with Crippen molar-refractivity contribution in [3.8, 4) is 11.3 Å². The highest BCUT2D eigenvalue weighted by Crippen LogP contribution is 2.30. The highest BCUT2D eigenvalue weighted by molar-refractivity contribution is 6.02. The lowest BCUT2D eigenvalue weighted by molar-refractivity contribution is 0.0696. The van der Waals surface area contributed by atoms with Gasteiger partial charge in [-0.3, -0.25) is 0 Å². The van der Waals surface area contributed by atoms with E-state index in [2.05, 4.69) is 4.98 Å². The number of para-hydroxylation sites is 1. The van der Waals surface area contributed by atoms with Crippen LogP contribution < -0.4 is 0 Å². The molecule has 22 heavy (non-hydrogen) atoms. The zero-order valence-electron chi connectivity index (χ0n) is 11.8. The van der Waals surface area contributed by atoms with Crippen LogP contribution in [0.2, 0.25) is 0 Å². The average Bonchev–Trinajstić information content (AvgIpc) is 2.89. The van der Waals surface area contributed by atoms with Gasteiger partial charge in [0.25, 0.3) is 0 Å². The molecule has 5 heteroatoms. The lowest BCUT2D eigenvalue weighted by Gasteiger charge is -2.10. The molecule has 0 unspecified atom stereocenters. The molecule has 0 radical (unpaired) electrons. The molecule has 1 heterocycles. The van der Waals surface area contributed by atoms with Gasteiger partial charge in [0.05, 0.1) is 11.1 Å². The number of carbonyl (C=O) groups is 2. The van der Waals surface area contributed by atoms with E-state index in [-0.39, 0.29) is 16.7 Å². The highest BCUT2D eigenvalue weighted by atomic mass is 16.4. The largest absolute Gasteiger partial charge is 0.478 e. The lowest BCUT2D eigenvalue weighted by Crippen LogP contribution is -2.09. The molecule has 110 valence electrons. The lowest BCUT2D eigenvalue weighted by atomic mass is 9.95. The first-order valence-corrected chi connectivity index (χ1v) is 6.67. The normalized spacial score (nSPS) is 10.8. The van der Waals surface area contributed by atoms with E-state index < -0.39 is 11.9 Å². The summed E-state index contributed by atoms with van der Waals surface area (Å²) in [6, 6.07) is 12.4. The van der Waals surface area contributed by atoms with E-state index in [1.807, 2.05) is 30.3 Å². The zero-order valence-corrected chi connectivity index (χ0v) is 11.8. The first-order valence-electron chi connectivity index (χ1n) is 6.67. The third-order valence-corrected chi connectivity index (χ3v) is 3.73. The van der Waals surface area contributed by atoms with Crippen LogP contribution in [-0.4, -0.2) is 27.1 Å². The summed E-state index contributed by atoms with van der Waals surface area (Å²) in [5.41, 5.74) is 2.28. The van der Waals surface area contributed by atoms with Gasteiger partial charge in [0, 0.05) is 22.2 Å². The van der Waals surface area contributed by atoms with Crippen LogP contribution in [0, 0.1) is 6.92 Å². The molecule has 0 atom stereocenters. The third-order valence-electron chi connectivity index (χ3n) is 3.73. The summed E-state index contributed by atoms with van der Waals surface area (Å²) in [6.45, 7) is 1.51. The molecular formula is C17H13NO4.